The van der Waals surface area contributed by atoms with Crippen molar-refractivity contribution in [3.8, 4) is 0 Å². The molecule has 1 rings (SSSR count). The van der Waals surface area contributed by atoms with Crippen molar-refractivity contribution in [2.24, 2.45) is 0 Å². The first-order chi connectivity index (χ1) is 6.86. The minimum absolute atomic E-state index is 0.181. The number of rotatable bonds is 6. The summed E-state index contributed by atoms with van der Waals surface area (Å²) < 4.78 is 5.66. The molecule has 0 saturated heterocycles. The quantitative estimate of drug-likeness (QED) is 0.753. The normalized spacial score (nSPS) is 12.7. The molecule has 0 aliphatic carbocycles. The van der Waals surface area contributed by atoms with E-state index < -0.39 is 0 Å². The molecule has 14 heavy (non-hydrogen) atoms. The lowest BCUT2D eigenvalue weighted by molar-refractivity contribution is 0.0220. The van der Waals surface area contributed by atoms with Gasteiger partial charge in [-0.05, 0) is 18.4 Å². The van der Waals surface area contributed by atoms with E-state index in [2.05, 4.69) is 6.92 Å². The van der Waals surface area contributed by atoms with Crippen LogP contribution in [0.2, 0.25) is 0 Å². The second-order valence-electron chi connectivity index (χ2n) is 3.34. The summed E-state index contributed by atoms with van der Waals surface area (Å²) in [6.45, 7) is 2.91. The van der Waals surface area contributed by atoms with Crippen LogP contribution in [0.4, 0.5) is 0 Å². The predicted molar refractivity (Wildman–Crippen MR) is 57.0 cm³/mol. The fourth-order valence-electron chi connectivity index (χ4n) is 1.34. The minimum atomic E-state index is 0.181. The van der Waals surface area contributed by atoms with Gasteiger partial charge in [-0.1, -0.05) is 37.3 Å². The fourth-order valence-corrected chi connectivity index (χ4v) is 1.34. The molecule has 0 amide bonds. The van der Waals surface area contributed by atoms with Gasteiger partial charge in [0.2, 0.25) is 0 Å². The van der Waals surface area contributed by atoms with E-state index in [0.29, 0.717) is 6.61 Å². The molecule has 0 unspecified atom stereocenters. The molecule has 0 aliphatic rings. The maximum absolute atomic E-state index is 8.78. The zero-order chi connectivity index (χ0) is 10.2. The summed E-state index contributed by atoms with van der Waals surface area (Å²) >= 11 is 0. The Bertz CT molecular complexity index is 233. The SMILES string of the molecule is CC[C@H](CCO)OCc1ccccc1. The van der Waals surface area contributed by atoms with Crippen LogP contribution < -0.4 is 0 Å². The van der Waals surface area contributed by atoms with Gasteiger partial charge in [-0.15, -0.1) is 0 Å². The molecule has 0 saturated carbocycles. The zero-order valence-corrected chi connectivity index (χ0v) is 8.65. The third-order valence-electron chi connectivity index (χ3n) is 2.23. The molecule has 0 heterocycles. The van der Waals surface area contributed by atoms with Gasteiger partial charge >= 0.3 is 0 Å². The Kier molecular flexibility index (Phi) is 5.27. The molecule has 78 valence electrons. The molecular weight excluding hydrogens is 176 g/mol. The van der Waals surface area contributed by atoms with Crippen LogP contribution in [0, 0.1) is 0 Å². The van der Waals surface area contributed by atoms with E-state index in [-0.39, 0.29) is 12.7 Å². The van der Waals surface area contributed by atoms with Crippen molar-refractivity contribution in [2.75, 3.05) is 6.61 Å². The van der Waals surface area contributed by atoms with E-state index in [9.17, 15) is 0 Å². The van der Waals surface area contributed by atoms with Gasteiger partial charge in [0.25, 0.3) is 0 Å². The average molecular weight is 194 g/mol. The van der Waals surface area contributed by atoms with Crippen molar-refractivity contribution in [2.45, 2.75) is 32.5 Å². The van der Waals surface area contributed by atoms with Crippen molar-refractivity contribution < 1.29 is 9.84 Å². The Hall–Kier alpha value is -0.860. The number of benzene rings is 1. The van der Waals surface area contributed by atoms with Crippen molar-refractivity contribution in [3.63, 3.8) is 0 Å². The summed E-state index contributed by atoms with van der Waals surface area (Å²) in [5, 5.41) is 8.78. The van der Waals surface area contributed by atoms with Crippen LogP contribution in [0.15, 0.2) is 30.3 Å². The monoisotopic (exact) mass is 194 g/mol. The van der Waals surface area contributed by atoms with Crippen LogP contribution in [0.25, 0.3) is 0 Å². The zero-order valence-electron chi connectivity index (χ0n) is 8.65. The Morgan fingerprint density at radius 1 is 1.29 bits per heavy atom. The van der Waals surface area contributed by atoms with Gasteiger partial charge in [0, 0.05) is 6.61 Å². The lowest BCUT2D eigenvalue weighted by Gasteiger charge is -2.14. The molecule has 0 aliphatic heterocycles. The third-order valence-corrected chi connectivity index (χ3v) is 2.23. The van der Waals surface area contributed by atoms with Crippen LogP contribution in [-0.4, -0.2) is 17.8 Å². The number of hydrogen-bond donors (Lipinski definition) is 1. The lowest BCUT2D eigenvalue weighted by atomic mass is 10.2. The van der Waals surface area contributed by atoms with Crippen molar-refractivity contribution in [1.29, 1.82) is 0 Å². The third kappa shape index (κ3) is 3.90. The smallest absolute Gasteiger partial charge is 0.0720 e. The Morgan fingerprint density at radius 2 is 2.00 bits per heavy atom. The van der Waals surface area contributed by atoms with E-state index in [1.165, 1.54) is 5.56 Å². The largest absolute Gasteiger partial charge is 0.396 e. The van der Waals surface area contributed by atoms with E-state index in [4.69, 9.17) is 9.84 Å². The first kappa shape index (κ1) is 11.2. The number of aliphatic hydroxyl groups excluding tert-OH is 1. The summed E-state index contributed by atoms with van der Waals surface area (Å²) in [4.78, 5) is 0. The van der Waals surface area contributed by atoms with Crippen molar-refractivity contribution >= 4 is 0 Å². The van der Waals surface area contributed by atoms with Gasteiger partial charge in [0.05, 0.1) is 12.7 Å². The maximum Gasteiger partial charge on any atom is 0.0720 e. The summed E-state index contributed by atoms with van der Waals surface area (Å²) in [6.07, 6.45) is 1.86. The lowest BCUT2D eigenvalue weighted by Crippen LogP contribution is -2.13. The maximum atomic E-state index is 8.78. The molecular formula is C12H18O2. The molecule has 2 heteroatoms. The highest BCUT2D eigenvalue weighted by Crippen LogP contribution is 2.08. The topological polar surface area (TPSA) is 29.5 Å². The van der Waals surface area contributed by atoms with Crippen LogP contribution >= 0.6 is 0 Å². The van der Waals surface area contributed by atoms with Gasteiger partial charge in [-0.3, -0.25) is 0 Å². The summed E-state index contributed by atoms with van der Waals surface area (Å²) in [7, 11) is 0. The van der Waals surface area contributed by atoms with Gasteiger partial charge in [0.15, 0.2) is 0 Å². The van der Waals surface area contributed by atoms with Gasteiger partial charge in [0.1, 0.15) is 0 Å². The van der Waals surface area contributed by atoms with Gasteiger partial charge in [-0.25, -0.2) is 0 Å². The van der Waals surface area contributed by atoms with Crippen molar-refractivity contribution in [3.05, 3.63) is 35.9 Å². The predicted octanol–water partition coefficient (Wildman–Crippen LogP) is 2.36. The van der Waals surface area contributed by atoms with E-state index in [0.717, 1.165) is 12.8 Å². The molecule has 0 fully saturated rings. The number of ether oxygens (including phenoxy) is 1. The fraction of sp³-hybridized carbons (Fsp3) is 0.500. The number of hydrogen-bond acceptors (Lipinski definition) is 2. The van der Waals surface area contributed by atoms with Gasteiger partial charge < -0.3 is 9.84 Å². The molecule has 0 spiro atoms. The van der Waals surface area contributed by atoms with Crippen LogP contribution in [0.5, 0.6) is 0 Å². The highest BCUT2D eigenvalue weighted by Gasteiger charge is 2.05. The second-order valence-corrected chi connectivity index (χ2v) is 3.34. The van der Waals surface area contributed by atoms with Gasteiger partial charge in [-0.2, -0.15) is 0 Å². The summed E-state index contributed by atoms with van der Waals surface area (Å²) in [6, 6.07) is 10.1. The van der Waals surface area contributed by atoms with E-state index in [1.807, 2.05) is 30.3 Å². The van der Waals surface area contributed by atoms with Crippen LogP contribution in [-0.2, 0) is 11.3 Å². The van der Waals surface area contributed by atoms with E-state index >= 15 is 0 Å². The van der Waals surface area contributed by atoms with Crippen LogP contribution in [0.1, 0.15) is 25.3 Å². The van der Waals surface area contributed by atoms with Crippen molar-refractivity contribution in [1.82, 2.24) is 0 Å². The summed E-state index contributed by atoms with van der Waals surface area (Å²) in [5.74, 6) is 0. The second kappa shape index (κ2) is 6.57. The minimum Gasteiger partial charge on any atom is -0.396 e. The molecule has 1 N–H and O–H groups in total. The molecule has 2 nitrogen and oxygen atoms in total. The molecule has 0 radical (unpaired) electrons. The van der Waals surface area contributed by atoms with E-state index in [1.54, 1.807) is 0 Å². The molecule has 0 aromatic heterocycles. The molecule has 1 aromatic rings. The first-order valence-electron chi connectivity index (χ1n) is 5.13. The Labute approximate surface area is 85.5 Å². The average Bonchev–Trinajstić information content (AvgIpc) is 2.25. The molecule has 0 bridgehead atoms. The first-order valence-corrected chi connectivity index (χ1v) is 5.13. The Morgan fingerprint density at radius 3 is 2.57 bits per heavy atom. The molecule has 1 aromatic carbocycles. The number of aliphatic hydroxyl groups is 1. The Balaban J connectivity index is 2.32. The van der Waals surface area contributed by atoms with Crippen LogP contribution in [0.3, 0.4) is 0 Å². The highest BCUT2D eigenvalue weighted by molar-refractivity contribution is 5.13. The highest BCUT2D eigenvalue weighted by atomic mass is 16.5. The standard InChI is InChI=1S/C12H18O2/c1-2-12(8-9-13)14-10-11-6-4-3-5-7-11/h3-7,12-13H,2,8-10H2,1H3/t12-/m1/s1. The molecule has 1 atom stereocenters. The summed E-state index contributed by atoms with van der Waals surface area (Å²) in [5.41, 5.74) is 1.18.